The predicted molar refractivity (Wildman–Crippen MR) is 117 cm³/mol. The Labute approximate surface area is 183 Å². The molecule has 0 spiro atoms. The first-order valence-corrected chi connectivity index (χ1v) is 10.1. The van der Waals surface area contributed by atoms with Gasteiger partial charge in [-0.1, -0.05) is 12.1 Å². The monoisotopic (exact) mass is 435 g/mol. The Bertz CT molecular complexity index is 1250. The van der Waals surface area contributed by atoms with Gasteiger partial charge < -0.3 is 16.0 Å². The lowest BCUT2D eigenvalue weighted by molar-refractivity contribution is -0.122. The molecule has 1 aliphatic rings. The summed E-state index contributed by atoms with van der Waals surface area (Å²) in [5.41, 5.74) is 3.14. The van der Waals surface area contributed by atoms with Crippen LogP contribution < -0.4 is 16.0 Å². The van der Waals surface area contributed by atoms with Crippen LogP contribution in [0.5, 0.6) is 0 Å². The number of nitrogens with one attached hydrogen (secondary N) is 3. The zero-order valence-electron chi connectivity index (χ0n) is 17.6. The lowest BCUT2D eigenvalue weighted by Crippen LogP contribution is -2.32. The van der Waals surface area contributed by atoms with Crippen molar-refractivity contribution in [3.05, 3.63) is 71.3 Å². The molecule has 1 aliphatic heterocycles. The molecule has 2 aromatic carbocycles. The highest BCUT2D eigenvalue weighted by Gasteiger charge is 2.29. The Morgan fingerprint density at radius 3 is 2.72 bits per heavy atom. The lowest BCUT2D eigenvalue weighted by Gasteiger charge is -2.24. The van der Waals surface area contributed by atoms with Gasteiger partial charge in [0.05, 0.1) is 11.7 Å². The van der Waals surface area contributed by atoms with Crippen LogP contribution in [0.15, 0.2) is 54.4 Å². The third-order valence-corrected chi connectivity index (χ3v) is 5.50. The van der Waals surface area contributed by atoms with Gasteiger partial charge in [0.2, 0.25) is 11.8 Å². The second kappa shape index (κ2) is 8.62. The van der Waals surface area contributed by atoms with E-state index in [4.69, 9.17) is 0 Å². The van der Waals surface area contributed by atoms with Gasteiger partial charge in [0.15, 0.2) is 0 Å². The van der Waals surface area contributed by atoms with Crippen molar-refractivity contribution in [2.75, 3.05) is 12.4 Å². The maximum absolute atomic E-state index is 13.3. The minimum absolute atomic E-state index is 0.0558. The molecule has 3 aromatic rings. The van der Waals surface area contributed by atoms with Crippen molar-refractivity contribution in [3.63, 3.8) is 0 Å². The number of aromatic nitrogens is 2. The summed E-state index contributed by atoms with van der Waals surface area (Å²) in [5.74, 6) is -1.66. The van der Waals surface area contributed by atoms with Crippen molar-refractivity contribution in [2.45, 2.75) is 25.8 Å². The Balaban J connectivity index is 1.63. The van der Waals surface area contributed by atoms with Gasteiger partial charge in [-0.15, -0.1) is 0 Å². The molecular weight excluding hydrogens is 413 g/mol. The van der Waals surface area contributed by atoms with Gasteiger partial charge in [0.25, 0.3) is 5.91 Å². The summed E-state index contributed by atoms with van der Waals surface area (Å²) >= 11 is 0. The topological polar surface area (TPSA) is 105 Å². The Morgan fingerprint density at radius 2 is 2.00 bits per heavy atom. The molecule has 0 aliphatic carbocycles. The number of likely N-dealkylation sites (N-methyl/N-ethyl adjacent to an activating group) is 1. The largest absolute Gasteiger partial charge is 0.358 e. The van der Waals surface area contributed by atoms with E-state index in [-0.39, 0.29) is 36.5 Å². The van der Waals surface area contributed by atoms with E-state index in [1.165, 1.54) is 18.3 Å². The van der Waals surface area contributed by atoms with E-state index in [1.807, 2.05) is 13.0 Å². The second-order valence-electron chi connectivity index (χ2n) is 7.63. The van der Waals surface area contributed by atoms with E-state index in [0.29, 0.717) is 22.3 Å². The maximum Gasteiger partial charge on any atom is 0.253 e. The normalized spacial score (nSPS) is 15.8. The van der Waals surface area contributed by atoms with Gasteiger partial charge in [-0.05, 0) is 42.3 Å². The third-order valence-electron chi connectivity index (χ3n) is 5.50. The molecule has 3 N–H and O–H groups in total. The number of carbonyl (C=O) groups excluding carboxylic acids is 3. The fraction of sp³-hybridized carbons (Fsp3) is 0.217. The molecule has 1 aromatic heterocycles. The molecular formula is C23H22FN5O3. The first kappa shape index (κ1) is 21.2. The molecule has 2 heterocycles. The van der Waals surface area contributed by atoms with Crippen LogP contribution >= 0.6 is 0 Å². The molecule has 0 bridgehead atoms. The summed E-state index contributed by atoms with van der Waals surface area (Å²) in [6.07, 6.45) is 3.15. The predicted octanol–water partition coefficient (Wildman–Crippen LogP) is 2.36. The van der Waals surface area contributed by atoms with Crippen LogP contribution in [0.1, 0.15) is 23.5 Å². The van der Waals surface area contributed by atoms with E-state index in [1.54, 1.807) is 36.1 Å². The zero-order chi connectivity index (χ0) is 22.8. The SMILES string of the molecule is CNC(=O)Cn1ncc2cc(C)c(NC(=O)C3=CNC(=O)C[C@H]3c3ccc(F)cc3)cc21. The molecule has 32 heavy (non-hydrogen) atoms. The Morgan fingerprint density at radius 1 is 1.25 bits per heavy atom. The molecule has 0 saturated carbocycles. The van der Waals surface area contributed by atoms with Crippen LogP contribution in [0.2, 0.25) is 0 Å². The van der Waals surface area contributed by atoms with E-state index < -0.39 is 5.92 Å². The smallest absolute Gasteiger partial charge is 0.253 e. The molecule has 0 saturated heterocycles. The summed E-state index contributed by atoms with van der Waals surface area (Å²) in [6, 6.07) is 9.43. The van der Waals surface area contributed by atoms with Crippen LogP contribution in [-0.4, -0.2) is 34.5 Å². The number of anilines is 1. The van der Waals surface area contributed by atoms with E-state index >= 15 is 0 Å². The zero-order valence-corrected chi connectivity index (χ0v) is 17.6. The molecule has 0 unspecified atom stereocenters. The van der Waals surface area contributed by atoms with Crippen molar-refractivity contribution in [2.24, 2.45) is 0 Å². The standard InChI is InChI=1S/C23H22FN5O3/c1-13-7-15-10-27-29(12-22(31)25-2)20(15)9-19(13)28-23(32)18-11-26-21(30)8-17(18)14-3-5-16(24)6-4-14/h3-7,9-11,17H,8,12H2,1-2H3,(H,25,31)(H,26,30)(H,28,32)/t17-/m0/s1. The molecule has 8 nitrogen and oxygen atoms in total. The van der Waals surface area contributed by atoms with E-state index in [0.717, 1.165) is 10.9 Å². The fourth-order valence-corrected chi connectivity index (χ4v) is 3.74. The summed E-state index contributed by atoms with van der Waals surface area (Å²) in [5, 5.41) is 13.2. The molecule has 9 heteroatoms. The van der Waals surface area contributed by atoms with E-state index in [9.17, 15) is 18.8 Å². The minimum atomic E-state index is -0.493. The number of rotatable bonds is 5. The summed E-state index contributed by atoms with van der Waals surface area (Å²) in [7, 11) is 1.55. The number of nitrogens with zero attached hydrogens (tertiary/aromatic N) is 2. The van der Waals surface area contributed by atoms with Gasteiger partial charge in [-0.3, -0.25) is 19.1 Å². The van der Waals surface area contributed by atoms with Gasteiger partial charge >= 0.3 is 0 Å². The highest BCUT2D eigenvalue weighted by Crippen LogP contribution is 2.32. The van der Waals surface area contributed by atoms with Crippen LogP contribution in [0, 0.1) is 12.7 Å². The number of carbonyl (C=O) groups is 3. The fourth-order valence-electron chi connectivity index (χ4n) is 3.74. The van der Waals surface area contributed by atoms with Crippen molar-refractivity contribution in [1.29, 1.82) is 0 Å². The van der Waals surface area contributed by atoms with Crippen LogP contribution in [0.3, 0.4) is 0 Å². The lowest BCUT2D eigenvalue weighted by atomic mass is 9.86. The number of aryl methyl sites for hydroxylation is 1. The van der Waals surface area contributed by atoms with Crippen LogP contribution in [-0.2, 0) is 20.9 Å². The quantitative estimate of drug-likeness (QED) is 0.572. The van der Waals surface area contributed by atoms with Gasteiger partial charge in [-0.25, -0.2) is 4.39 Å². The van der Waals surface area contributed by atoms with Crippen LogP contribution in [0.4, 0.5) is 10.1 Å². The summed E-state index contributed by atoms with van der Waals surface area (Å²) in [6.45, 7) is 1.92. The molecule has 0 radical (unpaired) electrons. The maximum atomic E-state index is 13.3. The third kappa shape index (κ3) is 4.22. The highest BCUT2D eigenvalue weighted by molar-refractivity contribution is 6.07. The molecule has 3 amide bonds. The van der Waals surface area contributed by atoms with E-state index in [2.05, 4.69) is 21.0 Å². The summed E-state index contributed by atoms with van der Waals surface area (Å²) < 4.78 is 14.9. The number of amides is 3. The van der Waals surface area contributed by atoms with Crippen LogP contribution in [0.25, 0.3) is 10.9 Å². The van der Waals surface area contributed by atoms with Gasteiger partial charge in [0, 0.05) is 42.2 Å². The first-order valence-electron chi connectivity index (χ1n) is 10.1. The number of fused-ring (bicyclic) bond motifs is 1. The number of hydrogen-bond acceptors (Lipinski definition) is 4. The molecule has 0 fully saturated rings. The second-order valence-corrected chi connectivity index (χ2v) is 7.63. The van der Waals surface area contributed by atoms with Gasteiger partial charge in [-0.2, -0.15) is 5.10 Å². The highest BCUT2D eigenvalue weighted by atomic mass is 19.1. The first-order chi connectivity index (χ1) is 15.4. The average molecular weight is 435 g/mol. The number of benzene rings is 2. The number of hydrogen-bond donors (Lipinski definition) is 3. The van der Waals surface area contributed by atoms with Crippen molar-refractivity contribution in [1.82, 2.24) is 20.4 Å². The minimum Gasteiger partial charge on any atom is -0.358 e. The molecule has 164 valence electrons. The molecule has 4 rings (SSSR count). The van der Waals surface area contributed by atoms with Gasteiger partial charge in [0.1, 0.15) is 12.4 Å². The Hall–Kier alpha value is -4.01. The Kier molecular flexibility index (Phi) is 5.72. The van der Waals surface area contributed by atoms with Crippen molar-refractivity contribution in [3.8, 4) is 0 Å². The average Bonchev–Trinajstić information content (AvgIpc) is 3.15. The van der Waals surface area contributed by atoms with Crippen molar-refractivity contribution >= 4 is 34.3 Å². The summed E-state index contributed by atoms with van der Waals surface area (Å²) in [4.78, 5) is 36.9. The number of halogens is 1. The molecule has 1 atom stereocenters. The van der Waals surface area contributed by atoms with Crippen molar-refractivity contribution < 1.29 is 18.8 Å².